The molecule has 0 radical (unpaired) electrons. The van der Waals surface area contributed by atoms with Crippen LogP contribution in [-0.2, 0) is 20.8 Å². The number of hydrogen-bond donors (Lipinski definition) is 3. The van der Waals surface area contributed by atoms with Crippen molar-refractivity contribution in [2.45, 2.75) is 56.7 Å². The zero-order valence-electron chi connectivity index (χ0n) is 21.3. The molecule has 0 unspecified atom stereocenters. The molecule has 8 heteroatoms. The summed E-state index contributed by atoms with van der Waals surface area (Å²) in [5, 5.41) is 8.51. The van der Waals surface area contributed by atoms with Crippen LogP contribution in [0.5, 0.6) is 0 Å². The summed E-state index contributed by atoms with van der Waals surface area (Å²) in [4.78, 5) is 39.1. The van der Waals surface area contributed by atoms with Crippen LogP contribution in [-0.4, -0.2) is 29.3 Å². The number of carbonyl (C=O) groups is 3. The first kappa shape index (κ1) is 27.0. The first-order valence-electron chi connectivity index (χ1n) is 12.6. The van der Waals surface area contributed by atoms with Crippen molar-refractivity contribution in [3.8, 4) is 0 Å². The van der Waals surface area contributed by atoms with E-state index in [9.17, 15) is 23.2 Å². The van der Waals surface area contributed by atoms with Crippen LogP contribution in [0, 0.1) is 11.6 Å². The number of amides is 3. The van der Waals surface area contributed by atoms with E-state index in [4.69, 9.17) is 0 Å². The molecular formula is C30H31F2N3O3. The fourth-order valence-electron chi connectivity index (χ4n) is 4.96. The minimum atomic E-state index is -1.24. The Labute approximate surface area is 220 Å². The van der Waals surface area contributed by atoms with Crippen LogP contribution in [0.15, 0.2) is 78.9 Å². The smallest absolute Gasteiger partial charge is 0.245 e. The maximum absolute atomic E-state index is 13.5. The summed E-state index contributed by atoms with van der Waals surface area (Å²) in [5.74, 6) is -3.02. The molecule has 38 heavy (non-hydrogen) atoms. The van der Waals surface area contributed by atoms with Crippen molar-refractivity contribution in [3.05, 3.63) is 107 Å². The second-order valence-corrected chi connectivity index (χ2v) is 10.0. The minimum Gasteiger partial charge on any atom is -0.347 e. The van der Waals surface area contributed by atoms with E-state index in [2.05, 4.69) is 16.0 Å². The summed E-state index contributed by atoms with van der Waals surface area (Å²) < 4.78 is 26.9. The van der Waals surface area contributed by atoms with Crippen molar-refractivity contribution in [3.63, 3.8) is 0 Å². The molecule has 3 aromatic carbocycles. The highest BCUT2D eigenvalue weighted by Crippen LogP contribution is 2.38. The van der Waals surface area contributed by atoms with Gasteiger partial charge in [-0.2, -0.15) is 0 Å². The van der Waals surface area contributed by atoms with Gasteiger partial charge in [0.2, 0.25) is 17.7 Å². The summed E-state index contributed by atoms with van der Waals surface area (Å²) in [6, 6.07) is 21.2. The highest BCUT2D eigenvalue weighted by Gasteiger charge is 2.43. The third-order valence-corrected chi connectivity index (χ3v) is 6.91. The lowest BCUT2D eigenvalue weighted by Gasteiger charge is -2.31. The minimum absolute atomic E-state index is 0.0292. The second kappa shape index (κ2) is 11.5. The molecule has 0 aromatic heterocycles. The molecule has 6 nitrogen and oxygen atoms in total. The van der Waals surface area contributed by atoms with E-state index in [1.54, 1.807) is 6.92 Å². The Balaban J connectivity index is 1.49. The van der Waals surface area contributed by atoms with Gasteiger partial charge in [0.15, 0.2) is 0 Å². The van der Waals surface area contributed by atoms with Gasteiger partial charge >= 0.3 is 0 Å². The van der Waals surface area contributed by atoms with Crippen LogP contribution < -0.4 is 16.0 Å². The van der Waals surface area contributed by atoms with Gasteiger partial charge in [-0.15, -0.1) is 0 Å². The fraction of sp³-hybridized carbons (Fsp3) is 0.300. The van der Waals surface area contributed by atoms with Crippen LogP contribution >= 0.6 is 0 Å². The van der Waals surface area contributed by atoms with Gasteiger partial charge in [0.1, 0.15) is 23.2 Å². The molecule has 0 saturated carbocycles. The van der Waals surface area contributed by atoms with Gasteiger partial charge in [0.05, 0.1) is 12.5 Å². The van der Waals surface area contributed by atoms with Crippen LogP contribution in [0.1, 0.15) is 55.3 Å². The topological polar surface area (TPSA) is 87.3 Å². The van der Waals surface area contributed by atoms with E-state index in [1.807, 2.05) is 60.7 Å². The first-order chi connectivity index (χ1) is 18.1. The van der Waals surface area contributed by atoms with Gasteiger partial charge in [0, 0.05) is 6.07 Å². The highest BCUT2D eigenvalue weighted by molar-refractivity contribution is 5.94. The molecular weight excluding hydrogens is 488 g/mol. The number of rotatable bonds is 7. The van der Waals surface area contributed by atoms with E-state index in [-0.39, 0.29) is 29.9 Å². The molecule has 0 aliphatic carbocycles. The Morgan fingerprint density at radius 3 is 2.16 bits per heavy atom. The van der Waals surface area contributed by atoms with E-state index in [0.29, 0.717) is 12.8 Å². The van der Waals surface area contributed by atoms with Gasteiger partial charge in [0.25, 0.3) is 0 Å². The summed E-state index contributed by atoms with van der Waals surface area (Å²) in [7, 11) is 0. The fourth-order valence-corrected chi connectivity index (χ4v) is 4.96. The quantitative estimate of drug-likeness (QED) is 0.435. The number of nitrogens with one attached hydrogen (secondary N) is 3. The molecule has 3 amide bonds. The van der Waals surface area contributed by atoms with Crippen molar-refractivity contribution in [1.29, 1.82) is 0 Å². The normalized spacial score (nSPS) is 22.1. The molecule has 1 aliphatic rings. The van der Waals surface area contributed by atoms with E-state index >= 15 is 0 Å². The largest absolute Gasteiger partial charge is 0.347 e. The van der Waals surface area contributed by atoms with Gasteiger partial charge in [-0.25, -0.2) is 8.78 Å². The lowest BCUT2D eigenvalue weighted by Crippen LogP contribution is -2.60. The zero-order chi connectivity index (χ0) is 27.3. The van der Waals surface area contributed by atoms with Crippen molar-refractivity contribution in [2.24, 2.45) is 0 Å². The molecule has 4 rings (SSSR count). The Kier molecular flexibility index (Phi) is 8.20. The van der Waals surface area contributed by atoms with Crippen molar-refractivity contribution < 1.29 is 23.2 Å². The van der Waals surface area contributed by atoms with E-state index in [0.717, 1.165) is 29.3 Å². The summed E-state index contributed by atoms with van der Waals surface area (Å²) in [6.07, 6.45) is 0.724. The maximum atomic E-state index is 13.5. The van der Waals surface area contributed by atoms with Gasteiger partial charge in [-0.1, -0.05) is 60.7 Å². The van der Waals surface area contributed by atoms with Crippen LogP contribution in [0.2, 0.25) is 0 Å². The highest BCUT2D eigenvalue weighted by atomic mass is 19.1. The average Bonchev–Trinajstić information content (AvgIpc) is 3.00. The Morgan fingerprint density at radius 2 is 1.55 bits per heavy atom. The molecule has 3 aromatic rings. The van der Waals surface area contributed by atoms with Crippen molar-refractivity contribution in [1.82, 2.24) is 16.0 Å². The van der Waals surface area contributed by atoms with Gasteiger partial charge in [-0.3, -0.25) is 14.4 Å². The predicted octanol–water partition coefficient (Wildman–Crippen LogP) is 4.32. The molecule has 1 saturated heterocycles. The monoisotopic (exact) mass is 519 g/mol. The summed E-state index contributed by atoms with van der Waals surface area (Å²) in [5.41, 5.74) is 0.951. The molecule has 4 atom stereocenters. The maximum Gasteiger partial charge on any atom is 0.245 e. The predicted molar refractivity (Wildman–Crippen MR) is 140 cm³/mol. The third-order valence-electron chi connectivity index (χ3n) is 6.91. The molecule has 0 bridgehead atoms. The van der Waals surface area contributed by atoms with Crippen molar-refractivity contribution in [2.75, 3.05) is 0 Å². The average molecular weight is 520 g/mol. The lowest BCUT2D eigenvalue weighted by molar-refractivity contribution is -0.135. The van der Waals surface area contributed by atoms with Gasteiger partial charge < -0.3 is 16.0 Å². The number of hydrogen-bond acceptors (Lipinski definition) is 3. The van der Waals surface area contributed by atoms with Crippen molar-refractivity contribution >= 4 is 17.7 Å². The Bertz CT molecular complexity index is 1280. The number of carbonyl (C=O) groups excluding carboxylic acids is 3. The Hall–Kier alpha value is -4.07. The number of benzene rings is 3. The summed E-state index contributed by atoms with van der Waals surface area (Å²) >= 11 is 0. The van der Waals surface area contributed by atoms with Crippen LogP contribution in [0.3, 0.4) is 0 Å². The SMILES string of the molecule is C[C@H](NC(=O)Cc1cc(F)cc(F)c1)C(=O)N[C@@]1(C)C[C@H](c2ccccc2)C[C@H](c2ccccc2)NC1=O. The van der Waals surface area contributed by atoms with Crippen LogP contribution in [0.4, 0.5) is 8.78 Å². The molecule has 198 valence electrons. The Morgan fingerprint density at radius 1 is 0.974 bits per heavy atom. The lowest BCUT2D eigenvalue weighted by atomic mass is 9.82. The molecule has 1 aliphatic heterocycles. The second-order valence-electron chi connectivity index (χ2n) is 10.0. The van der Waals surface area contributed by atoms with Crippen LogP contribution in [0.25, 0.3) is 0 Å². The first-order valence-corrected chi connectivity index (χ1v) is 12.6. The summed E-state index contributed by atoms with van der Waals surface area (Å²) in [6.45, 7) is 3.19. The third kappa shape index (κ3) is 6.62. The molecule has 1 fully saturated rings. The number of halogens is 2. The van der Waals surface area contributed by atoms with Gasteiger partial charge in [-0.05, 0) is 61.4 Å². The van der Waals surface area contributed by atoms with E-state index < -0.39 is 35.0 Å². The zero-order valence-corrected chi connectivity index (χ0v) is 21.3. The molecule has 0 spiro atoms. The molecule has 3 N–H and O–H groups in total. The standard InChI is InChI=1S/C30H31F2N3O3/c1-19(33-27(36)15-20-13-24(31)17-25(32)14-20)28(37)35-30(2)18-23(21-9-5-3-6-10-21)16-26(34-29(30)38)22-11-7-4-8-12-22/h3-14,17,19,23,26H,15-16,18H2,1-2H3,(H,33,36)(H,34,38)(H,35,37)/t19-,23+,26+,30-/m0/s1. The molecule has 1 heterocycles. The van der Waals surface area contributed by atoms with E-state index in [1.165, 1.54) is 6.92 Å².